The zero-order valence-corrected chi connectivity index (χ0v) is 12.7. The molecule has 110 valence electrons. The number of carbonyl (C=O) groups is 1. The molecule has 1 aliphatic rings. The van der Waals surface area contributed by atoms with Gasteiger partial charge in [-0.15, -0.1) is 11.3 Å². The van der Waals surface area contributed by atoms with E-state index in [1.165, 1.54) is 22.5 Å². The van der Waals surface area contributed by atoms with E-state index in [1.807, 2.05) is 0 Å². The van der Waals surface area contributed by atoms with Gasteiger partial charge in [0.25, 0.3) is 5.91 Å². The van der Waals surface area contributed by atoms with Gasteiger partial charge in [0.05, 0.1) is 0 Å². The van der Waals surface area contributed by atoms with Crippen LogP contribution in [0.1, 0.15) is 21.6 Å². The first-order chi connectivity index (χ1) is 10.1. The number of hydrogen-bond acceptors (Lipinski definition) is 5. The standard InChI is InChI=1S/C15H18N4OS/c1-19-8-11-5-3-2-4-10(11)6-12(19)7-17-14(20)13-9-21-15(16)18-13/h2-5,9,12H,6-8H2,1H3,(H2,16,18)(H,17,20)/t12-/m0/s1. The number of anilines is 1. The van der Waals surface area contributed by atoms with E-state index in [9.17, 15) is 4.79 Å². The van der Waals surface area contributed by atoms with Crippen molar-refractivity contribution in [2.24, 2.45) is 0 Å². The van der Waals surface area contributed by atoms with Crippen LogP contribution in [0.5, 0.6) is 0 Å². The zero-order valence-electron chi connectivity index (χ0n) is 11.9. The number of rotatable bonds is 3. The van der Waals surface area contributed by atoms with Crippen LogP contribution in [-0.2, 0) is 13.0 Å². The number of nitrogen functional groups attached to an aromatic ring is 1. The van der Waals surface area contributed by atoms with E-state index in [4.69, 9.17) is 5.73 Å². The average Bonchev–Trinajstić information content (AvgIpc) is 2.91. The van der Waals surface area contributed by atoms with Crippen LogP contribution in [0.25, 0.3) is 0 Å². The molecule has 3 N–H and O–H groups in total. The normalized spacial score (nSPS) is 18.2. The lowest BCUT2D eigenvalue weighted by Crippen LogP contribution is -2.45. The number of benzene rings is 1. The lowest BCUT2D eigenvalue weighted by molar-refractivity contribution is 0.0930. The summed E-state index contributed by atoms with van der Waals surface area (Å²) in [5, 5.41) is 5.06. The van der Waals surface area contributed by atoms with E-state index in [-0.39, 0.29) is 5.91 Å². The largest absolute Gasteiger partial charge is 0.375 e. The van der Waals surface area contributed by atoms with Gasteiger partial charge >= 0.3 is 0 Å². The number of amides is 1. The number of hydrogen-bond donors (Lipinski definition) is 2. The highest BCUT2D eigenvalue weighted by Gasteiger charge is 2.23. The second kappa shape index (κ2) is 5.83. The van der Waals surface area contributed by atoms with Gasteiger partial charge < -0.3 is 11.1 Å². The minimum atomic E-state index is -0.157. The highest BCUT2D eigenvalue weighted by Crippen LogP contribution is 2.21. The molecule has 0 radical (unpaired) electrons. The van der Waals surface area contributed by atoms with Gasteiger partial charge in [0.15, 0.2) is 5.13 Å². The number of nitrogens with one attached hydrogen (secondary N) is 1. The molecule has 3 rings (SSSR count). The summed E-state index contributed by atoms with van der Waals surface area (Å²) in [6, 6.07) is 8.77. The van der Waals surface area contributed by atoms with Crippen molar-refractivity contribution in [2.75, 3.05) is 19.3 Å². The summed E-state index contributed by atoms with van der Waals surface area (Å²) in [4.78, 5) is 18.3. The first kappa shape index (κ1) is 14.0. The van der Waals surface area contributed by atoms with Crippen molar-refractivity contribution in [1.82, 2.24) is 15.2 Å². The fourth-order valence-electron chi connectivity index (χ4n) is 2.64. The van der Waals surface area contributed by atoms with Gasteiger partial charge in [0.2, 0.25) is 0 Å². The van der Waals surface area contributed by atoms with E-state index in [0.29, 0.717) is 23.4 Å². The van der Waals surface area contributed by atoms with E-state index in [0.717, 1.165) is 13.0 Å². The zero-order chi connectivity index (χ0) is 14.8. The molecule has 0 unspecified atom stereocenters. The SMILES string of the molecule is CN1Cc2ccccc2C[C@H]1CNC(=O)c1csc(N)n1. The van der Waals surface area contributed by atoms with Crippen LogP contribution in [-0.4, -0.2) is 35.4 Å². The quantitative estimate of drug-likeness (QED) is 0.901. The molecule has 0 aliphatic carbocycles. The minimum absolute atomic E-state index is 0.157. The molecule has 0 saturated heterocycles. The Hall–Kier alpha value is -1.92. The number of thiazole rings is 1. The van der Waals surface area contributed by atoms with Crippen molar-refractivity contribution in [3.63, 3.8) is 0 Å². The minimum Gasteiger partial charge on any atom is -0.375 e. The summed E-state index contributed by atoms with van der Waals surface area (Å²) < 4.78 is 0. The molecule has 0 bridgehead atoms. The summed E-state index contributed by atoms with van der Waals surface area (Å²) >= 11 is 1.28. The molecule has 2 aromatic rings. The number of carbonyl (C=O) groups excluding carboxylic acids is 1. The molecular formula is C15H18N4OS. The summed E-state index contributed by atoms with van der Waals surface area (Å²) in [6.07, 6.45) is 0.951. The van der Waals surface area contributed by atoms with Gasteiger partial charge in [-0.1, -0.05) is 24.3 Å². The molecule has 0 fully saturated rings. The molecule has 0 spiro atoms. The smallest absolute Gasteiger partial charge is 0.270 e. The van der Waals surface area contributed by atoms with Gasteiger partial charge in [0.1, 0.15) is 5.69 Å². The highest BCUT2D eigenvalue weighted by atomic mass is 32.1. The van der Waals surface area contributed by atoms with Crippen LogP contribution in [0.15, 0.2) is 29.6 Å². The monoisotopic (exact) mass is 302 g/mol. The maximum Gasteiger partial charge on any atom is 0.270 e. The summed E-state index contributed by atoms with van der Waals surface area (Å²) in [5.74, 6) is -0.157. The molecule has 1 atom stereocenters. The first-order valence-corrected chi connectivity index (χ1v) is 7.77. The maximum absolute atomic E-state index is 12.0. The van der Waals surface area contributed by atoms with Crippen LogP contribution in [0.4, 0.5) is 5.13 Å². The molecule has 2 heterocycles. The molecule has 0 saturated carbocycles. The fourth-order valence-corrected chi connectivity index (χ4v) is 3.18. The van der Waals surface area contributed by atoms with Crippen LogP contribution < -0.4 is 11.1 Å². The van der Waals surface area contributed by atoms with Gasteiger partial charge in [-0.2, -0.15) is 0 Å². The van der Waals surface area contributed by atoms with Crippen LogP contribution in [0, 0.1) is 0 Å². The van der Waals surface area contributed by atoms with Crippen LogP contribution in [0.3, 0.4) is 0 Å². The third-order valence-corrected chi connectivity index (χ3v) is 4.54. The van der Waals surface area contributed by atoms with Crippen molar-refractivity contribution in [3.05, 3.63) is 46.5 Å². The summed E-state index contributed by atoms with van der Waals surface area (Å²) in [5.41, 5.74) is 8.69. The molecular weight excluding hydrogens is 284 g/mol. The van der Waals surface area contributed by atoms with Gasteiger partial charge in [-0.3, -0.25) is 9.69 Å². The number of nitrogens with zero attached hydrogens (tertiary/aromatic N) is 2. The van der Waals surface area contributed by atoms with Gasteiger partial charge in [0, 0.05) is 24.5 Å². The van der Waals surface area contributed by atoms with Crippen LogP contribution in [0.2, 0.25) is 0 Å². The summed E-state index contributed by atoms with van der Waals surface area (Å²) in [7, 11) is 2.09. The van der Waals surface area contributed by atoms with Crippen LogP contribution >= 0.6 is 11.3 Å². The van der Waals surface area contributed by atoms with E-state index in [2.05, 4.69) is 46.5 Å². The number of aromatic nitrogens is 1. The second-order valence-electron chi connectivity index (χ2n) is 5.32. The third-order valence-electron chi connectivity index (χ3n) is 3.87. The fraction of sp³-hybridized carbons (Fsp3) is 0.333. The Morgan fingerprint density at radius 2 is 2.24 bits per heavy atom. The lowest BCUT2D eigenvalue weighted by atomic mass is 9.94. The average molecular weight is 302 g/mol. The van der Waals surface area contributed by atoms with Crippen molar-refractivity contribution in [1.29, 1.82) is 0 Å². The lowest BCUT2D eigenvalue weighted by Gasteiger charge is -2.34. The Labute approximate surface area is 127 Å². The Morgan fingerprint density at radius 1 is 1.48 bits per heavy atom. The Balaban J connectivity index is 1.62. The van der Waals surface area contributed by atoms with Gasteiger partial charge in [-0.25, -0.2) is 4.98 Å². The number of likely N-dealkylation sites (N-methyl/N-ethyl adjacent to an activating group) is 1. The van der Waals surface area contributed by atoms with Crippen molar-refractivity contribution >= 4 is 22.4 Å². The molecule has 1 aromatic heterocycles. The molecule has 5 nitrogen and oxygen atoms in total. The van der Waals surface area contributed by atoms with E-state index >= 15 is 0 Å². The highest BCUT2D eigenvalue weighted by molar-refractivity contribution is 7.13. The van der Waals surface area contributed by atoms with Crippen molar-refractivity contribution in [2.45, 2.75) is 19.0 Å². The second-order valence-corrected chi connectivity index (χ2v) is 6.21. The predicted molar refractivity (Wildman–Crippen MR) is 84.3 cm³/mol. The van der Waals surface area contributed by atoms with Crippen molar-refractivity contribution in [3.8, 4) is 0 Å². The number of fused-ring (bicyclic) bond motifs is 1. The van der Waals surface area contributed by atoms with E-state index in [1.54, 1.807) is 5.38 Å². The Kier molecular flexibility index (Phi) is 3.90. The molecule has 1 aromatic carbocycles. The molecule has 6 heteroatoms. The van der Waals surface area contributed by atoms with E-state index < -0.39 is 0 Å². The molecule has 21 heavy (non-hydrogen) atoms. The Morgan fingerprint density at radius 3 is 2.95 bits per heavy atom. The first-order valence-electron chi connectivity index (χ1n) is 6.89. The number of nitrogens with two attached hydrogens (primary N) is 1. The molecule has 1 amide bonds. The third kappa shape index (κ3) is 3.06. The summed E-state index contributed by atoms with van der Waals surface area (Å²) in [6.45, 7) is 1.53. The van der Waals surface area contributed by atoms with Gasteiger partial charge in [-0.05, 0) is 24.6 Å². The Bertz CT molecular complexity index is 655. The predicted octanol–water partition coefficient (Wildman–Crippen LogP) is 1.51. The van der Waals surface area contributed by atoms with Crippen molar-refractivity contribution < 1.29 is 4.79 Å². The maximum atomic E-state index is 12.0. The topological polar surface area (TPSA) is 71.2 Å². The molecule has 1 aliphatic heterocycles.